The second-order valence-electron chi connectivity index (χ2n) is 6.13. The number of hydrogen-bond acceptors (Lipinski definition) is 5. The van der Waals surface area contributed by atoms with Gasteiger partial charge >= 0.3 is 0 Å². The third-order valence-electron chi connectivity index (χ3n) is 3.92. The number of rotatable bonds is 8. The number of carbonyl (C=O) groups excluding carboxylic acids is 2. The third kappa shape index (κ3) is 5.30. The molecule has 0 spiro atoms. The van der Waals surface area contributed by atoms with Gasteiger partial charge in [-0.2, -0.15) is 4.72 Å². The van der Waals surface area contributed by atoms with Gasteiger partial charge < -0.3 is 15.8 Å². The quantitative estimate of drug-likeness (QED) is 0.617. The SMILES string of the molecule is CCOc1ccc(S(=O)(=O)N[C@H](C)C(=O)Nc2ccc(C(N)=O)cc2)cc1C. The van der Waals surface area contributed by atoms with Gasteiger partial charge in [-0.1, -0.05) is 0 Å². The van der Waals surface area contributed by atoms with Crippen molar-refractivity contribution >= 4 is 27.5 Å². The summed E-state index contributed by atoms with van der Waals surface area (Å²) in [6.45, 7) is 5.50. The van der Waals surface area contributed by atoms with Crippen LogP contribution in [-0.2, 0) is 14.8 Å². The van der Waals surface area contributed by atoms with E-state index < -0.39 is 27.9 Å². The lowest BCUT2D eigenvalue weighted by atomic mass is 10.2. The normalized spacial score (nSPS) is 12.2. The highest BCUT2D eigenvalue weighted by molar-refractivity contribution is 7.89. The Morgan fingerprint density at radius 3 is 2.32 bits per heavy atom. The van der Waals surface area contributed by atoms with E-state index in [9.17, 15) is 18.0 Å². The first-order valence-electron chi connectivity index (χ1n) is 8.60. The summed E-state index contributed by atoms with van der Waals surface area (Å²) in [5, 5.41) is 2.58. The summed E-state index contributed by atoms with van der Waals surface area (Å²) in [4.78, 5) is 23.4. The van der Waals surface area contributed by atoms with E-state index in [4.69, 9.17) is 10.5 Å². The molecule has 0 saturated carbocycles. The second kappa shape index (κ2) is 8.85. The van der Waals surface area contributed by atoms with Gasteiger partial charge in [-0.3, -0.25) is 9.59 Å². The summed E-state index contributed by atoms with van der Waals surface area (Å²) in [5.41, 5.74) is 6.56. The Hall–Kier alpha value is -2.91. The molecule has 150 valence electrons. The van der Waals surface area contributed by atoms with Crippen LogP contribution in [0.25, 0.3) is 0 Å². The van der Waals surface area contributed by atoms with Crippen molar-refractivity contribution in [3.05, 3.63) is 53.6 Å². The average Bonchev–Trinajstić information content (AvgIpc) is 2.63. The van der Waals surface area contributed by atoms with Crippen LogP contribution in [0.1, 0.15) is 29.8 Å². The first kappa shape index (κ1) is 21.4. The summed E-state index contributed by atoms with van der Waals surface area (Å²) < 4.78 is 32.9. The van der Waals surface area contributed by atoms with E-state index in [0.717, 1.165) is 0 Å². The Bertz CT molecular complexity index is 972. The molecule has 0 unspecified atom stereocenters. The van der Waals surface area contributed by atoms with Gasteiger partial charge in [0.25, 0.3) is 0 Å². The number of hydrogen-bond donors (Lipinski definition) is 3. The molecule has 8 nitrogen and oxygen atoms in total. The molecule has 0 aromatic heterocycles. The average molecular weight is 405 g/mol. The number of primary amides is 1. The van der Waals surface area contributed by atoms with E-state index in [2.05, 4.69) is 10.0 Å². The Kier molecular flexibility index (Phi) is 6.76. The first-order valence-corrected chi connectivity index (χ1v) is 10.1. The lowest BCUT2D eigenvalue weighted by molar-refractivity contribution is -0.117. The zero-order valence-electron chi connectivity index (χ0n) is 15.9. The van der Waals surface area contributed by atoms with Crippen LogP contribution in [0.2, 0.25) is 0 Å². The van der Waals surface area contributed by atoms with Crippen molar-refractivity contribution in [2.45, 2.75) is 31.7 Å². The molecule has 2 amide bonds. The van der Waals surface area contributed by atoms with E-state index in [1.165, 1.54) is 43.3 Å². The van der Waals surface area contributed by atoms with Crippen molar-refractivity contribution in [2.75, 3.05) is 11.9 Å². The fourth-order valence-electron chi connectivity index (χ4n) is 2.43. The van der Waals surface area contributed by atoms with Gasteiger partial charge in [0.15, 0.2) is 0 Å². The van der Waals surface area contributed by atoms with E-state index in [-0.39, 0.29) is 4.90 Å². The monoisotopic (exact) mass is 405 g/mol. The number of carbonyl (C=O) groups is 2. The van der Waals surface area contributed by atoms with Crippen LogP contribution < -0.4 is 20.5 Å². The van der Waals surface area contributed by atoms with Gasteiger partial charge in [-0.15, -0.1) is 0 Å². The fraction of sp³-hybridized carbons (Fsp3) is 0.263. The van der Waals surface area contributed by atoms with Crippen molar-refractivity contribution in [3.8, 4) is 5.75 Å². The maximum Gasteiger partial charge on any atom is 0.248 e. The Balaban J connectivity index is 2.07. The van der Waals surface area contributed by atoms with Crippen molar-refractivity contribution in [1.29, 1.82) is 0 Å². The number of ether oxygens (including phenoxy) is 1. The van der Waals surface area contributed by atoms with Crippen molar-refractivity contribution in [3.63, 3.8) is 0 Å². The largest absolute Gasteiger partial charge is 0.494 e. The van der Waals surface area contributed by atoms with Crippen molar-refractivity contribution < 1.29 is 22.7 Å². The molecule has 0 aliphatic rings. The van der Waals surface area contributed by atoms with Crippen LogP contribution in [0.15, 0.2) is 47.4 Å². The predicted molar refractivity (Wildman–Crippen MR) is 106 cm³/mol. The maximum atomic E-state index is 12.6. The molecule has 0 saturated heterocycles. The maximum absolute atomic E-state index is 12.6. The van der Waals surface area contributed by atoms with Crippen molar-refractivity contribution in [1.82, 2.24) is 4.72 Å². The van der Waals surface area contributed by atoms with Crippen LogP contribution in [0.5, 0.6) is 5.75 Å². The third-order valence-corrected chi connectivity index (χ3v) is 5.46. The molecule has 9 heteroatoms. The zero-order chi connectivity index (χ0) is 20.9. The molecular weight excluding hydrogens is 382 g/mol. The highest BCUT2D eigenvalue weighted by atomic mass is 32.2. The lowest BCUT2D eigenvalue weighted by Gasteiger charge is -2.15. The summed E-state index contributed by atoms with van der Waals surface area (Å²) in [7, 11) is -3.90. The van der Waals surface area contributed by atoms with Crippen LogP contribution in [-0.4, -0.2) is 32.9 Å². The Morgan fingerprint density at radius 1 is 1.14 bits per heavy atom. The molecule has 0 aliphatic carbocycles. The molecule has 0 fully saturated rings. The van der Waals surface area contributed by atoms with Gasteiger partial charge in [0, 0.05) is 11.3 Å². The van der Waals surface area contributed by atoms with Crippen LogP contribution in [0.4, 0.5) is 5.69 Å². The number of anilines is 1. The topological polar surface area (TPSA) is 128 Å². The molecule has 2 rings (SSSR count). The van der Waals surface area contributed by atoms with Crippen LogP contribution >= 0.6 is 0 Å². The minimum atomic E-state index is -3.90. The molecule has 2 aromatic carbocycles. The summed E-state index contributed by atoms with van der Waals surface area (Å²) in [5.74, 6) is -0.519. The van der Waals surface area contributed by atoms with Crippen molar-refractivity contribution in [2.24, 2.45) is 5.73 Å². The minimum Gasteiger partial charge on any atom is -0.494 e. The smallest absolute Gasteiger partial charge is 0.248 e. The van der Waals surface area contributed by atoms with Gasteiger partial charge in [-0.25, -0.2) is 8.42 Å². The highest BCUT2D eigenvalue weighted by Crippen LogP contribution is 2.22. The van der Waals surface area contributed by atoms with Gasteiger partial charge in [0.2, 0.25) is 21.8 Å². The zero-order valence-corrected chi connectivity index (χ0v) is 16.7. The molecule has 0 heterocycles. The Labute approximate surface area is 164 Å². The molecule has 0 radical (unpaired) electrons. The molecular formula is C19H23N3O5S. The number of aryl methyl sites for hydroxylation is 1. The van der Waals surface area contributed by atoms with Gasteiger partial charge in [0.1, 0.15) is 5.75 Å². The molecule has 28 heavy (non-hydrogen) atoms. The number of sulfonamides is 1. The molecule has 1 atom stereocenters. The fourth-order valence-corrected chi connectivity index (χ4v) is 3.72. The second-order valence-corrected chi connectivity index (χ2v) is 7.85. The number of nitrogens with two attached hydrogens (primary N) is 1. The summed E-state index contributed by atoms with van der Waals surface area (Å²) in [6.07, 6.45) is 0. The predicted octanol–water partition coefficient (Wildman–Crippen LogP) is 1.80. The van der Waals surface area contributed by atoms with E-state index in [1.54, 1.807) is 13.0 Å². The Morgan fingerprint density at radius 2 is 1.79 bits per heavy atom. The van der Waals surface area contributed by atoms with E-state index in [1.807, 2.05) is 6.92 Å². The molecule has 2 aromatic rings. The lowest BCUT2D eigenvalue weighted by Crippen LogP contribution is -2.41. The molecule has 0 bridgehead atoms. The number of nitrogens with one attached hydrogen (secondary N) is 2. The van der Waals surface area contributed by atoms with E-state index >= 15 is 0 Å². The minimum absolute atomic E-state index is 0.0407. The molecule has 0 aliphatic heterocycles. The number of benzene rings is 2. The standard InChI is InChI=1S/C19H23N3O5S/c1-4-27-17-10-9-16(11-12(17)2)28(25,26)22-13(3)19(24)21-15-7-5-14(6-8-15)18(20)23/h5-11,13,22H,4H2,1-3H3,(H2,20,23)(H,21,24)/t13-/m1/s1. The van der Waals surface area contributed by atoms with Gasteiger partial charge in [0.05, 0.1) is 17.5 Å². The molecule has 4 N–H and O–H groups in total. The van der Waals surface area contributed by atoms with E-state index in [0.29, 0.717) is 29.2 Å². The number of amides is 2. The van der Waals surface area contributed by atoms with Crippen LogP contribution in [0.3, 0.4) is 0 Å². The first-order chi connectivity index (χ1) is 13.1. The highest BCUT2D eigenvalue weighted by Gasteiger charge is 2.23. The summed E-state index contributed by atoms with van der Waals surface area (Å²) in [6, 6.07) is 9.43. The van der Waals surface area contributed by atoms with Crippen LogP contribution in [0, 0.1) is 6.92 Å². The summed E-state index contributed by atoms with van der Waals surface area (Å²) >= 11 is 0. The van der Waals surface area contributed by atoms with Gasteiger partial charge in [-0.05, 0) is 68.8 Å².